The normalized spacial score (nSPS) is 26.4. The number of unbranched alkanes of at least 4 members (excludes halogenated alkanes) is 3. The topological polar surface area (TPSA) is 90.4 Å². The van der Waals surface area contributed by atoms with E-state index < -0.39 is 28.2 Å². The van der Waals surface area contributed by atoms with Crippen molar-refractivity contribution >= 4 is 35.2 Å². The lowest BCUT2D eigenvalue weighted by Gasteiger charge is -2.47. The quantitative estimate of drug-likeness (QED) is 0.145. The summed E-state index contributed by atoms with van der Waals surface area (Å²) in [6.45, 7) is 24.7. The highest BCUT2D eigenvalue weighted by Crippen LogP contribution is 2.69. The van der Waals surface area contributed by atoms with Crippen molar-refractivity contribution in [1.82, 2.24) is 9.80 Å². The molecule has 3 heterocycles. The molecule has 1 aromatic rings. The van der Waals surface area contributed by atoms with Crippen molar-refractivity contribution in [1.29, 1.82) is 0 Å². The molecule has 3 aliphatic rings. The Kier molecular flexibility index (Phi) is 12.2. The van der Waals surface area contributed by atoms with Gasteiger partial charge in [-0.25, -0.2) is 0 Å². The summed E-state index contributed by atoms with van der Waals surface area (Å²) in [6, 6.07) is 6.83. The van der Waals surface area contributed by atoms with Gasteiger partial charge in [0.2, 0.25) is 17.7 Å². The number of nitrogens with zero attached hydrogens (tertiary/aromatic N) is 3. The van der Waals surface area contributed by atoms with Crippen molar-refractivity contribution in [2.24, 2.45) is 23.2 Å². The first-order chi connectivity index (χ1) is 22.7. The van der Waals surface area contributed by atoms with Crippen LogP contribution in [0.4, 0.5) is 5.69 Å². The zero-order valence-electron chi connectivity index (χ0n) is 30.4. The van der Waals surface area contributed by atoms with Gasteiger partial charge in [0.05, 0.1) is 23.2 Å². The predicted octanol–water partition coefficient (Wildman–Crippen LogP) is 6.72. The smallest absolute Gasteiger partial charge is 0.247 e. The van der Waals surface area contributed by atoms with E-state index >= 15 is 4.79 Å². The number of carbonyl (C=O) groups excluding carboxylic acids is 3. The second-order valence-corrected chi connectivity index (χ2v) is 17.2. The van der Waals surface area contributed by atoms with Crippen molar-refractivity contribution in [3.05, 3.63) is 49.6 Å². The van der Waals surface area contributed by atoms with E-state index in [0.29, 0.717) is 32.7 Å². The monoisotopic (exact) mass is 681 g/mol. The average molecular weight is 682 g/mol. The molecule has 1 aromatic carbocycles. The number of hydrogen-bond donors (Lipinski definition) is 1. The molecule has 0 aliphatic carbocycles. The maximum absolute atomic E-state index is 15.2. The number of anilines is 1. The fourth-order valence-electron chi connectivity index (χ4n) is 8.89. The molecule has 3 aliphatic heterocycles. The minimum atomic E-state index is -0.708. The maximum atomic E-state index is 15.2. The molecule has 1 N–H and O–H groups in total. The third kappa shape index (κ3) is 7.37. The van der Waals surface area contributed by atoms with E-state index in [9.17, 15) is 14.7 Å². The zero-order chi connectivity index (χ0) is 35.4. The van der Waals surface area contributed by atoms with Gasteiger partial charge in [-0.15, -0.1) is 24.9 Å². The van der Waals surface area contributed by atoms with Crippen LogP contribution in [0.15, 0.2) is 49.6 Å². The van der Waals surface area contributed by atoms with Crippen LogP contribution >= 0.6 is 11.8 Å². The highest BCUT2D eigenvalue weighted by Gasteiger charge is 2.76. The number of ether oxygens (including phenoxy) is 1. The highest BCUT2D eigenvalue weighted by molar-refractivity contribution is 8.02. The number of hydrogen-bond acceptors (Lipinski definition) is 6. The van der Waals surface area contributed by atoms with E-state index in [4.69, 9.17) is 4.74 Å². The first-order valence-corrected chi connectivity index (χ1v) is 18.7. The van der Waals surface area contributed by atoms with Crippen molar-refractivity contribution in [2.45, 2.75) is 109 Å². The van der Waals surface area contributed by atoms with Gasteiger partial charge in [-0.05, 0) is 82.1 Å². The molecule has 1 spiro atoms. The van der Waals surface area contributed by atoms with E-state index in [-0.39, 0.29) is 40.9 Å². The largest absolute Gasteiger partial charge is 0.494 e. The predicted molar refractivity (Wildman–Crippen MR) is 196 cm³/mol. The Balaban J connectivity index is 1.77. The Morgan fingerprint density at radius 1 is 1.04 bits per heavy atom. The molecule has 3 amide bonds. The van der Waals surface area contributed by atoms with Crippen LogP contribution < -0.4 is 9.64 Å². The van der Waals surface area contributed by atoms with Crippen LogP contribution in [0.1, 0.15) is 87.0 Å². The second kappa shape index (κ2) is 15.4. The molecule has 4 rings (SSSR count). The van der Waals surface area contributed by atoms with Gasteiger partial charge < -0.3 is 24.5 Å². The fraction of sp³-hybridized carbons (Fsp3) is 0.667. The van der Waals surface area contributed by atoms with Crippen LogP contribution in [-0.2, 0) is 14.4 Å². The molecule has 48 heavy (non-hydrogen) atoms. The minimum Gasteiger partial charge on any atom is -0.494 e. The Morgan fingerprint density at radius 2 is 1.69 bits per heavy atom. The average Bonchev–Trinajstić information content (AvgIpc) is 3.60. The van der Waals surface area contributed by atoms with Crippen LogP contribution in [0, 0.1) is 23.2 Å². The number of rotatable bonds is 17. The molecule has 3 fully saturated rings. The number of amides is 3. The number of benzene rings is 1. The lowest BCUT2D eigenvalue weighted by Crippen LogP contribution is -2.61. The molecule has 0 saturated carbocycles. The number of fused-ring (bicyclic) bond motifs is 1. The summed E-state index contributed by atoms with van der Waals surface area (Å²) in [7, 11) is 0. The van der Waals surface area contributed by atoms with Crippen LogP contribution in [0.3, 0.4) is 0 Å². The van der Waals surface area contributed by atoms with Crippen molar-refractivity contribution in [3.63, 3.8) is 0 Å². The van der Waals surface area contributed by atoms with Crippen LogP contribution in [0.2, 0.25) is 0 Å². The van der Waals surface area contributed by atoms with Crippen molar-refractivity contribution in [2.75, 3.05) is 37.7 Å². The summed E-state index contributed by atoms with van der Waals surface area (Å²) >= 11 is 1.72. The summed E-state index contributed by atoms with van der Waals surface area (Å²) in [6.07, 6.45) is 8.23. The van der Waals surface area contributed by atoms with Crippen LogP contribution in [0.5, 0.6) is 5.75 Å². The van der Waals surface area contributed by atoms with Gasteiger partial charge in [0, 0.05) is 42.7 Å². The number of carbonyl (C=O) groups is 3. The Morgan fingerprint density at radius 3 is 2.27 bits per heavy atom. The second-order valence-electron chi connectivity index (χ2n) is 15.7. The van der Waals surface area contributed by atoms with E-state index in [2.05, 4.69) is 54.7 Å². The van der Waals surface area contributed by atoms with Gasteiger partial charge in [0.1, 0.15) is 11.8 Å². The molecule has 3 unspecified atom stereocenters. The highest BCUT2D eigenvalue weighted by atomic mass is 32.2. The lowest BCUT2D eigenvalue weighted by molar-refractivity contribution is -0.146. The first-order valence-electron chi connectivity index (χ1n) is 17.8. The third-order valence-electron chi connectivity index (χ3n) is 10.4. The fourth-order valence-corrected chi connectivity index (χ4v) is 11.3. The van der Waals surface area contributed by atoms with E-state index in [0.717, 1.165) is 43.5 Å². The van der Waals surface area contributed by atoms with E-state index in [1.54, 1.807) is 28.8 Å². The molecule has 6 atom stereocenters. The maximum Gasteiger partial charge on any atom is 0.247 e. The van der Waals surface area contributed by atoms with Crippen molar-refractivity contribution < 1.29 is 24.2 Å². The molecule has 8 nitrogen and oxygen atoms in total. The number of aliphatic hydroxyl groups is 1. The van der Waals surface area contributed by atoms with E-state index in [1.807, 2.05) is 41.0 Å². The van der Waals surface area contributed by atoms with Crippen LogP contribution in [-0.4, -0.2) is 87.1 Å². The van der Waals surface area contributed by atoms with E-state index in [1.165, 1.54) is 0 Å². The van der Waals surface area contributed by atoms with Gasteiger partial charge in [-0.1, -0.05) is 52.7 Å². The van der Waals surface area contributed by atoms with Crippen molar-refractivity contribution in [3.8, 4) is 5.75 Å². The molecule has 0 aromatic heterocycles. The molecule has 2 bridgehead atoms. The van der Waals surface area contributed by atoms with Crippen LogP contribution in [0.25, 0.3) is 0 Å². The number of aliphatic hydroxyl groups excluding tert-OH is 1. The van der Waals surface area contributed by atoms with Gasteiger partial charge >= 0.3 is 0 Å². The SMILES string of the molecule is C=CCN(C(=O)[C@@H]1[C@@H]2CC(C)C3(S2)C(C(=O)N(CC=C)C(C)(C)CC(C)(C)C)N(CCCCCCO)C(=O)[C@H]13)c1ccc(OCC)cc1. The molecular formula is C39H59N3O5S. The third-order valence-corrected chi connectivity index (χ3v) is 12.5. The summed E-state index contributed by atoms with van der Waals surface area (Å²) in [4.78, 5) is 50.3. The summed E-state index contributed by atoms with van der Waals surface area (Å²) in [5, 5.41) is 9.26. The van der Waals surface area contributed by atoms with Gasteiger partial charge in [-0.2, -0.15) is 0 Å². The lowest BCUT2D eigenvalue weighted by atomic mass is 9.65. The summed E-state index contributed by atoms with van der Waals surface area (Å²) in [5.74, 6) is -0.539. The summed E-state index contributed by atoms with van der Waals surface area (Å²) < 4.78 is 4.93. The molecule has 3 saturated heterocycles. The number of thioether (sulfide) groups is 1. The molecule has 9 heteroatoms. The zero-order valence-corrected chi connectivity index (χ0v) is 31.2. The van der Waals surface area contributed by atoms with Gasteiger partial charge in [0.15, 0.2) is 0 Å². The summed E-state index contributed by atoms with van der Waals surface area (Å²) in [5.41, 5.74) is 0.225. The molecular weight excluding hydrogens is 623 g/mol. The Labute approximate surface area is 293 Å². The molecule has 0 radical (unpaired) electrons. The Bertz CT molecular complexity index is 1320. The van der Waals surface area contributed by atoms with Gasteiger partial charge in [0.25, 0.3) is 0 Å². The minimum absolute atomic E-state index is 0.0250. The number of likely N-dealkylation sites (tertiary alicyclic amines) is 1. The Hall–Kier alpha value is -2.78. The van der Waals surface area contributed by atoms with Gasteiger partial charge in [-0.3, -0.25) is 14.4 Å². The standard InChI is InChI=1S/C39H59N3O5S/c1-10-21-40(28-17-19-29(20-18-28)47-12-3)34(44)31-30-25-27(4)39(48-30)32(31)35(45)41(23-15-13-14-16-24-43)33(39)36(46)42(22-11-2)38(8,9)26-37(5,6)7/h10-11,17-20,27,30-33,43H,1-2,12-16,21-26H2,3-9H3/t27?,30-,31+,32-,33?,39?/m0/s1. The molecule has 266 valence electrons. The first kappa shape index (κ1) is 38.0.